The van der Waals surface area contributed by atoms with Crippen molar-refractivity contribution in [1.82, 2.24) is 10.2 Å². The van der Waals surface area contributed by atoms with Crippen LogP contribution in [0.15, 0.2) is 24.3 Å². The highest BCUT2D eigenvalue weighted by Gasteiger charge is 2.36. The van der Waals surface area contributed by atoms with Crippen LogP contribution >= 0.6 is 0 Å². The van der Waals surface area contributed by atoms with Crippen LogP contribution in [-0.4, -0.2) is 22.9 Å². The monoisotopic (exact) mass is 250 g/mol. The van der Waals surface area contributed by atoms with Crippen LogP contribution in [0.1, 0.15) is 25.3 Å². The first-order valence-corrected chi connectivity index (χ1v) is 5.98. The summed E-state index contributed by atoms with van der Waals surface area (Å²) in [5.41, 5.74) is 0.733. The number of imide groups is 1. The Morgan fingerprint density at radius 3 is 2.56 bits per heavy atom. The zero-order chi connectivity index (χ0) is 13.1. The smallest absolute Gasteiger partial charge is 0.325 e. The van der Waals surface area contributed by atoms with Crippen molar-refractivity contribution in [3.63, 3.8) is 0 Å². The lowest BCUT2D eigenvalue weighted by atomic mass is 10.1. The van der Waals surface area contributed by atoms with Crippen LogP contribution in [0.25, 0.3) is 0 Å². The van der Waals surface area contributed by atoms with Crippen LogP contribution in [0.5, 0.6) is 0 Å². The van der Waals surface area contributed by atoms with Crippen molar-refractivity contribution in [2.24, 2.45) is 0 Å². The topological polar surface area (TPSA) is 49.4 Å². The van der Waals surface area contributed by atoms with Gasteiger partial charge in [-0.3, -0.25) is 9.69 Å². The van der Waals surface area contributed by atoms with Gasteiger partial charge in [0.15, 0.2) is 0 Å². The Kier molecular flexibility index (Phi) is 3.60. The van der Waals surface area contributed by atoms with E-state index in [-0.39, 0.29) is 24.3 Å². The van der Waals surface area contributed by atoms with Crippen molar-refractivity contribution >= 4 is 11.9 Å². The van der Waals surface area contributed by atoms with E-state index >= 15 is 0 Å². The van der Waals surface area contributed by atoms with Gasteiger partial charge in [-0.2, -0.15) is 0 Å². The maximum atomic E-state index is 12.8. The molecule has 1 fully saturated rings. The third-order valence-corrected chi connectivity index (χ3v) is 2.94. The van der Waals surface area contributed by atoms with E-state index in [0.717, 1.165) is 12.0 Å². The van der Waals surface area contributed by atoms with Gasteiger partial charge < -0.3 is 5.32 Å². The zero-order valence-electron chi connectivity index (χ0n) is 10.1. The number of benzene rings is 1. The van der Waals surface area contributed by atoms with Crippen molar-refractivity contribution < 1.29 is 14.0 Å². The van der Waals surface area contributed by atoms with Gasteiger partial charge in [-0.05, 0) is 24.1 Å². The second kappa shape index (κ2) is 5.16. The molecule has 1 atom stereocenters. The van der Waals surface area contributed by atoms with Crippen molar-refractivity contribution in [2.75, 3.05) is 0 Å². The molecule has 1 aliphatic heterocycles. The molecular weight excluding hydrogens is 235 g/mol. The Balaban J connectivity index is 2.07. The summed E-state index contributed by atoms with van der Waals surface area (Å²) in [5, 5.41) is 2.65. The average molecular weight is 250 g/mol. The van der Waals surface area contributed by atoms with Gasteiger partial charge in [0, 0.05) is 0 Å². The number of nitrogens with zero attached hydrogens (tertiary/aromatic N) is 1. The highest BCUT2D eigenvalue weighted by molar-refractivity contribution is 6.04. The molecule has 0 bridgehead atoms. The molecule has 1 aromatic rings. The second-order valence-electron chi connectivity index (χ2n) is 4.34. The first-order chi connectivity index (χ1) is 8.61. The summed E-state index contributed by atoms with van der Waals surface area (Å²) in [6.45, 7) is 2.15. The molecule has 1 saturated heterocycles. The van der Waals surface area contributed by atoms with Crippen LogP contribution < -0.4 is 5.32 Å². The molecule has 0 aliphatic carbocycles. The number of hydrogen-bond acceptors (Lipinski definition) is 2. The highest BCUT2D eigenvalue weighted by atomic mass is 19.1. The molecule has 0 spiro atoms. The van der Waals surface area contributed by atoms with Crippen molar-refractivity contribution in [1.29, 1.82) is 0 Å². The van der Waals surface area contributed by atoms with Gasteiger partial charge in [-0.25, -0.2) is 9.18 Å². The van der Waals surface area contributed by atoms with Gasteiger partial charge in [-0.15, -0.1) is 0 Å². The predicted octanol–water partition coefficient (Wildman–Crippen LogP) is 2.05. The third kappa shape index (κ3) is 2.50. The number of rotatable bonds is 4. The minimum absolute atomic E-state index is 0.186. The molecule has 2 rings (SSSR count). The lowest BCUT2D eigenvalue weighted by Gasteiger charge is -2.12. The number of carbonyl (C=O) groups is 2. The largest absolute Gasteiger partial charge is 0.326 e. The second-order valence-corrected chi connectivity index (χ2v) is 4.34. The predicted molar refractivity (Wildman–Crippen MR) is 64.2 cm³/mol. The molecule has 3 amide bonds. The average Bonchev–Trinajstić information content (AvgIpc) is 2.60. The fraction of sp³-hybridized carbons (Fsp3) is 0.385. The van der Waals surface area contributed by atoms with E-state index < -0.39 is 6.04 Å². The zero-order valence-corrected chi connectivity index (χ0v) is 10.1. The van der Waals surface area contributed by atoms with E-state index in [0.29, 0.717) is 6.42 Å². The Hall–Kier alpha value is -1.91. The Morgan fingerprint density at radius 2 is 1.94 bits per heavy atom. The molecule has 0 radical (unpaired) electrons. The summed E-state index contributed by atoms with van der Waals surface area (Å²) < 4.78 is 12.8. The molecule has 0 aromatic heterocycles. The van der Waals surface area contributed by atoms with Gasteiger partial charge >= 0.3 is 6.03 Å². The number of urea groups is 1. The fourth-order valence-corrected chi connectivity index (χ4v) is 1.98. The lowest BCUT2D eigenvalue weighted by Crippen LogP contribution is -2.30. The summed E-state index contributed by atoms with van der Waals surface area (Å²) in [6.07, 6.45) is 1.48. The van der Waals surface area contributed by atoms with E-state index in [2.05, 4.69) is 5.32 Å². The summed E-state index contributed by atoms with van der Waals surface area (Å²) >= 11 is 0. The van der Waals surface area contributed by atoms with Crippen molar-refractivity contribution in [3.05, 3.63) is 35.6 Å². The summed E-state index contributed by atoms with van der Waals surface area (Å²) in [4.78, 5) is 24.8. The lowest BCUT2D eigenvalue weighted by molar-refractivity contribution is -0.128. The minimum Gasteiger partial charge on any atom is -0.326 e. The Morgan fingerprint density at radius 1 is 1.28 bits per heavy atom. The molecule has 96 valence electrons. The number of nitrogens with one attached hydrogen (secondary N) is 1. The first kappa shape index (κ1) is 12.5. The SMILES string of the molecule is CCCC1NC(=O)N(Cc2ccc(F)cc2)C1=O. The van der Waals surface area contributed by atoms with Crippen molar-refractivity contribution in [3.8, 4) is 0 Å². The van der Waals surface area contributed by atoms with Crippen LogP contribution in [0.3, 0.4) is 0 Å². The highest BCUT2D eigenvalue weighted by Crippen LogP contribution is 2.15. The van der Waals surface area contributed by atoms with Gasteiger partial charge in [0.25, 0.3) is 5.91 Å². The molecule has 1 heterocycles. The number of halogens is 1. The van der Waals surface area contributed by atoms with E-state index in [1.54, 1.807) is 12.1 Å². The quantitative estimate of drug-likeness (QED) is 0.831. The van der Waals surface area contributed by atoms with E-state index in [4.69, 9.17) is 0 Å². The normalized spacial score (nSPS) is 19.2. The fourth-order valence-electron chi connectivity index (χ4n) is 1.98. The van der Waals surface area contributed by atoms with Crippen LogP contribution in [0.2, 0.25) is 0 Å². The third-order valence-electron chi connectivity index (χ3n) is 2.94. The van der Waals surface area contributed by atoms with Gasteiger partial charge in [0.05, 0.1) is 6.54 Å². The molecule has 4 nitrogen and oxygen atoms in total. The molecule has 1 unspecified atom stereocenters. The maximum absolute atomic E-state index is 12.8. The molecule has 1 N–H and O–H groups in total. The minimum atomic E-state index is -0.414. The Bertz CT molecular complexity index is 459. The number of amides is 3. The van der Waals surface area contributed by atoms with E-state index in [1.807, 2.05) is 6.92 Å². The molecule has 1 aliphatic rings. The van der Waals surface area contributed by atoms with Gasteiger partial charge in [-0.1, -0.05) is 25.5 Å². The maximum Gasteiger partial charge on any atom is 0.325 e. The first-order valence-electron chi connectivity index (χ1n) is 5.98. The number of hydrogen-bond donors (Lipinski definition) is 1. The molecule has 18 heavy (non-hydrogen) atoms. The molecule has 5 heteroatoms. The van der Waals surface area contributed by atoms with Crippen molar-refractivity contribution in [2.45, 2.75) is 32.4 Å². The van der Waals surface area contributed by atoms with E-state index in [1.165, 1.54) is 17.0 Å². The summed E-state index contributed by atoms with van der Waals surface area (Å²) in [6, 6.07) is 4.99. The summed E-state index contributed by atoms with van der Waals surface area (Å²) in [7, 11) is 0. The van der Waals surface area contributed by atoms with Crippen LogP contribution in [-0.2, 0) is 11.3 Å². The number of carbonyl (C=O) groups excluding carboxylic acids is 2. The molecule has 1 aromatic carbocycles. The standard InChI is InChI=1S/C13H15FN2O2/c1-2-3-11-12(17)16(13(18)15-11)8-9-4-6-10(14)7-5-9/h4-7,11H,2-3,8H2,1H3,(H,15,18). The van der Waals surface area contributed by atoms with E-state index in [9.17, 15) is 14.0 Å². The molecule has 0 saturated carbocycles. The Labute approximate surface area is 105 Å². The molecular formula is C13H15FN2O2. The summed E-state index contributed by atoms with van der Waals surface area (Å²) in [5.74, 6) is -0.536. The van der Waals surface area contributed by atoms with Gasteiger partial charge in [0.1, 0.15) is 11.9 Å². The van der Waals surface area contributed by atoms with Gasteiger partial charge in [0.2, 0.25) is 0 Å². The van der Waals surface area contributed by atoms with Crippen LogP contribution in [0.4, 0.5) is 9.18 Å². The van der Waals surface area contributed by atoms with Crippen LogP contribution in [0, 0.1) is 5.82 Å².